The molecule has 28 heavy (non-hydrogen) atoms. The molecule has 1 atom stereocenters. The van der Waals surface area contributed by atoms with E-state index in [-0.39, 0.29) is 18.0 Å². The zero-order valence-electron chi connectivity index (χ0n) is 15.7. The molecule has 144 valence electrons. The lowest BCUT2D eigenvalue weighted by molar-refractivity contribution is 0.0789. The van der Waals surface area contributed by atoms with Gasteiger partial charge in [-0.15, -0.1) is 0 Å². The largest absolute Gasteiger partial charge is 0.360 e. The summed E-state index contributed by atoms with van der Waals surface area (Å²) in [6, 6.07) is 7.97. The van der Waals surface area contributed by atoms with Gasteiger partial charge in [0.05, 0.1) is 23.5 Å². The van der Waals surface area contributed by atoms with Crippen LogP contribution in [-0.4, -0.2) is 69.7 Å². The van der Waals surface area contributed by atoms with Crippen LogP contribution in [0.25, 0.3) is 10.9 Å². The SMILES string of the molecule is CN1CCN(c2cnn(C3CCN(C(=O)c4c[nH]c5ccccc45)C3)c2)C1=O. The van der Waals surface area contributed by atoms with Gasteiger partial charge in [-0.05, 0) is 12.5 Å². The minimum Gasteiger partial charge on any atom is -0.360 e. The fourth-order valence-electron chi connectivity index (χ4n) is 4.11. The average molecular weight is 378 g/mol. The van der Waals surface area contributed by atoms with E-state index in [1.165, 1.54) is 0 Å². The van der Waals surface area contributed by atoms with Gasteiger partial charge in [0.25, 0.3) is 5.91 Å². The number of carbonyl (C=O) groups is 2. The number of nitrogens with one attached hydrogen (secondary N) is 1. The molecule has 2 saturated heterocycles. The number of fused-ring (bicyclic) bond motifs is 1. The molecule has 8 heteroatoms. The number of hydrogen-bond acceptors (Lipinski definition) is 3. The topological polar surface area (TPSA) is 77.5 Å². The standard InChI is InChI=1S/C20H22N6O2/c1-23-8-9-25(20(23)28)15-10-22-26(13-15)14-6-7-24(12-14)19(27)17-11-21-18-5-3-2-4-16(17)18/h2-5,10-11,13-14,21H,6-9,12H2,1H3. The van der Waals surface area contributed by atoms with Crippen LogP contribution >= 0.6 is 0 Å². The molecule has 8 nitrogen and oxygen atoms in total. The van der Waals surface area contributed by atoms with Gasteiger partial charge in [0, 0.05) is 56.5 Å². The number of para-hydroxylation sites is 1. The van der Waals surface area contributed by atoms with Gasteiger partial charge in [-0.25, -0.2) is 4.79 Å². The Labute approximate surface area is 162 Å². The van der Waals surface area contributed by atoms with Crippen molar-refractivity contribution in [1.29, 1.82) is 0 Å². The Balaban J connectivity index is 1.31. The van der Waals surface area contributed by atoms with Crippen LogP contribution in [0.5, 0.6) is 0 Å². The van der Waals surface area contributed by atoms with Gasteiger partial charge in [-0.3, -0.25) is 14.4 Å². The summed E-state index contributed by atoms with van der Waals surface area (Å²) in [5.74, 6) is 0.0451. The fourth-order valence-corrected chi connectivity index (χ4v) is 4.11. The van der Waals surface area contributed by atoms with Crippen molar-refractivity contribution in [3.8, 4) is 0 Å². The maximum absolute atomic E-state index is 13.0. The molecule has 3 amide bonds. The summed E-state index contributed by atoms with van der Waals surface area (Å²) in [6.45, 7) is 2.72. The van der Waals surface area contributed by atoms with Crippen molar-refractivity contribution in [2.45, 2.75) is 12.5 Å². The number of nitrogens with zero attached hydrogens (tertiary/aromatic N) is 5. The van der Waals surface area contributed by atoms with Crippen LogP contribution in [0, 0.1) is 0 Å². The number of benzene rings is 1. The fraction of sp³-hybridized carbons (Fsp3) is 0.350. The quantitative estimate of drug-likeness (QED) is 0.760. The zero-order chi connectivity index (χ0) is 19.3. The number of aromatic amines is 1. The van der Waals surface area contributed by atoms with Crippen LogP contribution < -0.4 is 4.90 Å². The molecule has 2 aromatic heterocycles. The van der Waals surface area contributed by atoms with Crippen LogP contribution in [0.15, 0.2) is 42.9 Å². The molecule has 2 fully saturated rings. The van der Waals surface area contributed by atoms with E-state index in [4.69, 9.17) is 0 Å². The van der Waals surface area contributed by atoms with E-state index in [0.717, 1.165) is 29.6 Å². The van der Waals surface area contributed by atoms with Crippen LogP contribution in [0.3, 0.4) is 0 Å². The van der Waals surface area contributed by atoms with E-state index in [9.17, 15) is 9.59 Å². The number of rotatable bonds is 3. The Bertz CT molecular complexity index is 1050. The van der Waals surface area contributed by atoms with Gasteiger partial charge >= 0.3 is 6.03 Å². The first-order valence-corrected chi connectivity index (χ1v) is 9.54. The van der Waals surface area contributed by atoms with Crippen molar-refractivity contribution < 1.29 is 9.59 Å². The van der Waals surface area contributed by atoms with E-state index in [1.807, 2.05) is 40.0 Å². The molecule has 0 saturated carbocycles. The third-order valence-corrected chi connectivity index (χ3v) is 5.76. The van der Waals surface area contributed by atoms with Gasteiger partial charge < -0.3 is 14.8 Å². The number of likely N-dealkylation sites (tertiary alicyclic amines) is 1. The van der Waals surface area contributed by atoms with Gasteiger partial charge in [-0.1, -0.05) is 18.2 Å². The van der Waals surface area contributed by atoms with Gasteiger partial charge in [-0.2, -0.15) is 5.10 Å². The molecule has 2 aliphatic heterocycles. The number of likely N-dealkylation sites (N-methyl/N-ethyl adjacent to an activating group) is 1. The Hall–Kier alpha value is -3.29. The first-order valence-electron chi connectivity index (χ1n) is 9.54. The molecule has 0 aliphatic carbocycles. The number of amides is 3. The number of H-pyrrole nitrogens is 1. The Morgan fingerprint density at radius 1 is 1.21 bits per heavy atom. The molecule has 0 spiro atoms. The molecular formula is C20H22N6O2. The second kappa shape index (κ2) is 6.40. The minimum absolute atomic E-state index is 0.00196. The van der Waals surface area contributed by atoms with Crippen molar-refractivity contribution >= 4 is 28.5 Å². The lowest BCUT2D eigenvalue weighted by Crippen LogP contribution is -2.29. The highest BCUT2D eigenvalue weighted by Crippen LogP contribution is 2.27. The monoisotopic (exact) mass is 378 g/mol. The molecule has 2 aliphatic rings. The second-order valence-corrected chi connectivity index (χ2v) is 7.48. The van der Waals surface area contributed by atoms with Gasteiger partial charge in [0.2, 0.25) is 0 Å². The Morgan fingerprint density at radius 2 is 2.07 bits per heavy atom. The first kappa shape index (κ1) is 16.9. The summed E-state index contributed by atoms with van der Waals surface area (Å²) in [5.41, 5.74) is 2.50. The Morgan fingerprint density at radius 3 is 2.89 bits per heavy atom. The smallest absolute Gasteiger partial charge is 0.324 e. The highest BCUT2D eigenvalue weighted by atomic mass is 16.2. The van der Waals surface area contributed by atoms with Crippen molar-refractivity contribution in [2.75, 3.05) is 38.1 Å². The molecule has 1 aromatic carbocycles. The molecule has 1 N–H and O–H groups in total. The van der Waals surface area contributed by atoms with Crippen molar-refractivity contribution in [2.24, 2.45) is 0 Å². The highest BCUT2D eigenvalue weighted by Gasteiger charge is 2.31. The summed E-state index contributed by atoms with van der Waals surface area (Å²) in [5, 5.41) is 5.42. The van der Waals surface area contributed by atoms with E-state index in [1.54, 1.807) is 29.2 Å². The summed E-state index contributed by atoms with van der Waals surface area (Å²) in [7, 11) is 1.80. The maximum Gasteiger partial charge on any atom is 0.324 e. The molecule has 4 heterocycles. The van der Waals surface area contributed by atoms with Crippen LogP contribution in [-0.2, 0) is 0 Å². The maximum atomic E-state index is 13.0. The van der Waals surface area contributed by atoms with Gasteiger partial charge in [0.15, 0.2) is 0 Å². The van der Waals surface area contributed by atoms with E-state index < -0.39 is 0 Å². The summed E-state index contributed by atoms with van der Waals surface area (Å²) in [6.07, 6.45) is 6.30. The first-order chi connectivity index (χ1) is 13.6. The number of aromatic nitrogens is 3. The van der Waals surface area contributed by atoms with Crippen molar-refractivity contribution in [1.82, 2.24) is 24.6 Å². The summed E-state index contributed by atoms with van der Waals surface area (Å²) >= 11 is 0. The normalized spacial score (nSPS) is 20.0. The Kier molecular flexibility index (Phi) is 3.85. The highest BCUT2D eigenvalue weighted by molar-refractivity contribution is 6.06. The third kappa shape index (κ3) is 2.64. The van der Waals surface area contributed by atoms with E-state index >= 15 is 0 Å². The summed E-state index contributed by atoms with van der Waals surface area (Å²) < 4.78 is 1.89. The molecule has 0 radical (unpaired) electrons. The number of urea groups is 1. The minimum atomic E-state index is 0.00196. The number of carbonyl (C=O) groups excluding carboxylic acids is 2. The lowest BCUT2D eigenvalue weighted by atomic mass is 10.1. The van der Waals surface area contributed by atoms with Gasteiger partial charge in [0.1, 0.15) is 0 Å². The van der Waals surface area contributed by atoms with Crippen LogP contribution in [0.4, 0.5) is 10.5 Å². The molecule has 3 aromatic rings. The molecule has 5 rings (SSSR count). The van der Waals surface area contributed by atoms with E-state index in [0.29, 0.717) is 25.2 Å². The predicted molar refractivity (Wildman–Crippen MR) is 105 cm³/mol. The number of hydrogen-bond donors (Lipinski definition) is 1. The molecule has 0 bridgehead atoms. The van der Waals surface area contributed by atoms with E-state index in [2.05, 4.69) is 10.1 Å². The zero-order valence-corrected chi connectivity index (χ0v) is 15.7. The second-order valence-electron chi connectivity index (χ2n) is 7.48. The number of anilines is 1. The molecular weight excluding hydrogens is 356 g/mol. The lowest BCUT2D eigenvalue weighted by Gasteiger charge is -2.16. The summed E-state index contributed by atoms with van der Waals surface area (Å²) in [4.78, 5) is 33.7. The van der Waals surface area contributed by atoms with Crippen molar-refractivity contribution in [3.63, 3.8) is 0 Å². The van der Waals surface area contributed by atoms with Crippen LogP contribution in [0.1, 0.15) is 22.8 Å². The molecule has 1 unspecified atom stereocenters. The average Bonchev–Trinajstić information content (AvgIpc) is 3.48. The third-order valence-electron chi connectivity index (χ3n) is 5.76. The van der Waals surface area contributed by atoms with Crippen LogP contribution in [0.2, 0.25) is 0 Å². The predicted octanol–water partition coefficient (Wildman–Crippen LogP) is 2.32. The van der Waals surface area contributed by atoms with Crippen molar-refractivity contribution in [3.05, 3.63) is 48.4 Å².